The summed E-state index contributed by atoms with van der Waals surface area (Å²) in [7, 11) is 0. The highest BCUT2D eigenvalue weighted by Crippen LogP contribution is 2.46. The van der Waals surface area contributed by atoms with Crippen LogP contribution in [0.1, 0.15) is 32.6 Å². The minimum atomic E-state index is -1.54. The van der Waals surface area contributed by atoms with E-state index in [2.05, 4.69) is 0 Å². The molecule has 0 bridgehead atoms. The first-order valence-corrected chi connectivity index (χ1v) is 5.91. The summed E-state index contributed by atoms with van der Waals surface area (Å²) in [6, 6.07) is 0. The molecule has 16 heavy (non-hydrogen) atoms. The molecule has 0 heterocycles. The van der Waals surface area contributed by atoms with Gasteiger partial charge in [-0.2, -0.15) is 0 Å². The molecule has 0 nitrogen and oxygen atoms in total. The van der Waals surface area contributed by atoms with Gasteiger partial charge >= 0.3 is 0 Å². The molecule has 0 aromatic carbocycles. The van der Waals surface area contributed by atoms with E-state index < -0.39 is 30.6 Å². The molecule has 0 saturated heterocycles. The Kier molecular flexibility index (Phi) is 3.45. The third-order valence-electron chi connectivity index (χ3n) is 4.00. The molecule has 0 aromatic heterocycles. The van der Waals surface area contributed by atoms with Crippen LogP contribution >= 0.6 is 0 Å². The largest absolute Gasteiger partial charge is 0.244 e. The predicted molar refractivity (Wildman–Crippen MR) is 53.9 cm³/mol. The first-order chi connectivity index (χ1) is 7.50. The van der Waals surface area contributed by atoms with Gasteiger partial charge in [0.2, 0.25) is 0 Å². The second-order valence-corrected chi connectivity index (χ2v) is 5.14. The maximum atomic E-state index is 13.5. The lowest BCUT2D eigenvalue weighted by atomic mass is 9.70. The number of hydrogen-bond acceptors (Lipinski definition) is 0. The summed E-state index contributed by atoms with van der Waals surface area (Å²) in [5, 5.41) is 0. The Morgan fingerprint density at radius 2 is 1.69 bits per heavy atom. The number of rotatable bonds is 1. The standard InChI is InChI=1S/C12H17F4/c1-6-2-3-7(4-9(13)11(6)15)8-5-10(14)12(8)16/h6,8-12H,2-5H2,1H3. The molecule has 2 aliphatic carbocycles. The number of alkyl halides is 4. The molecule has 0 aromatic rings. The van der Waals surface area contributed by atoms with Gasteiger partial charge in [0.25, 0.3) is 0 Å². The van der Waals surface area contributed by atoms with E-state index in [4.69, 9.17) is 0 Å². The van der Waals surface area contributed by atoms with Crippen LogP contribution in [-0.4, -0.2) is 24.7 Å². The Labute approximate surface area is 93.4 Å². The molecular weight excluding hydrogens is 220 g/mol. The van der Waals surface area contributed by atoms with Gasteiger partial charge in [-0.3, -0.25) is 0 Å². The third kappa shape index (κ3) is 2.07. The van der Waals surface area contributed by atoms with Crippen LogP contribution in [0.2, 0.25) is 0 Å². The van der Waals surface area contributed by atoms with Crippen molar-refractivity contribution in [2.75, 3.05) is 0 Å². The van der Waals surface area contributed by atoms with Gasteiger partial charge in [-0.15, -0.1) is 0 Å². The smallest absolute Gasteiger partial charge is 0.135 e. The molecule has 2 saturated carbocycles. The van der Waals surface area contributed by atoms with Crippen molar-refractivity contribution in [3.8, 4) is 0 Å². The maximum absolute atomic E-state index is 13.5. The molecule has 0 amide bonds. The van der Waals surface area contributed by atoms with Crippen molar-refractivity contribution in [3.05, 3.63) is 5.92 Å². The first-order valence-electron chi connectivity index (χ1n) is 5.91. The molecule has 2 rings (SSSR count). The van der Waals surface area contributed by atoms with Gasteiger partial charge in [-0.05, 0) is 37.5 Å². The monoisotopic (exact) mass is 237 g/mol. The van der Waals surface area contributed by atoms with Gasteiger partial charge in [0.1, 0.15) is 24.7 Å². The van der Waals surface area contributed by atoms with Crippen molar-refractivity contribution in [3.63, 3.8) is 0 Å². The second kappa shape index (κ2) is 4.53. The van der Waals surface area contributed by atoms with E-state index in [1.165, 1.54) is 0 Å². The molecule has 6 atom stereocenters. The molecule has 2 aliphatic rings. The van der Waals surface area contributed by atoms with E-state index in [0.29, 0.717) is 18.8 Å². The summed E-state index contributed by atoms with van der Waals surface area (Å²) >= 11 is 0. The number of hydrogen-bond donors (Lipinski definition) is 0. The number of halogens is 4. The van der Waals surface area contributed by atoms with Crippen molar-refractivity contribution in [1.82, 2.24) is 0 Å². The van der Waals surface area contributed by atoms with Gasteiger partial charge in [-0.25, -0.2) is 17.6 Å². The fourth-order valence-corrected chi connectivity index (χ4v) is 2.68. The highest BCUT2D eigenvalue weighted by Gasteiger charge is 2.48. The zero-order valence-corrected chi connectivity index (χ0v) is 9.30. The maximum Gasteiger partial charge on any atom is 0.135 e. The molecule has 4 heteroatoms. The third-order valence-corrected chi connectivity index (χ3v) is 4.00. The molecule has 2 fully saturated rings. The second-order valence-electron chi connectivity index (χ2n) is 5.14. The van der Waals surface area contributed by atoms with E-state index in [1.807, 2.05) is 0 Å². The van der Waals surface area contributed by atoms with Crippen LogP contribution in [0.5, 0.6) is 0 Å². The van der Waals surface area contributed by atoms with Crippen LogP contribution in [0.25, 0.3) is 0 Å². The van der Waals surface area contributed by atoms with Crippen LogP contribution in [0.3, 0.4) is 0 Å². The van der Waals surface area contributed by atoms with E-state index in [0.717, 1.165) is 0 Å². The van der Waals surface area contributed by atoms with Gasteiger partial charge in [0.15, 0.2) is 0 Å². The molecule has 1 radical (unpaired) electrons. The molecule has 0 aliphatic heterocycles. The van der Waals surface area contributed by atoms with Gasteiger partial charge in [0, 0.05) is 5.92 Å². The van der Waals surface area contributed by atoms with Crippen LogP contribution in [0, 0.1) is 17.8 Å². The minimum absolute atomic E-state index is 0.0245. The summed E-state index contributed by atoms with van der Waals surface area (Å²) in [4.78, 5) is 0. The topological polar surface area (TPSA) is 0 Å². The molecule has 0 N–H and O–H groups in total. The van der Waals surface area contributed by atoms with Crippen LogP contribution in [-0.2, 0) is 0 Å². The van der Waals surface area contributed by atoms with Crippen LogP contribution in [0.4, 0.5) is 17.6 Å². The van der Waals surface area contributed by atoms with Gasteiger partial charge in [0.05, 0.1) is 0 Å². The van der Waals surface area contributed by atoms with E-state index in [1.54, 1.807) is 6.92 Å². The van der Waals surface area contributed by atoms with Gasteiger partial charge in [-0.1, -0.05) is 6.92 Å². The summed E-state index contributed by atoms with van der Waals surface area (Å²) in [6.45, 7) is 1.67. The fraction of sp³-hybridized carbons (Fsp3) is 0.917. The van der Waals surface area contributed by atoms with E-state index in [-0.39, 0.29) is 18.8 Å². The first kappa shape index (κ1) is 12.2. The lowest BCUT2D eigenvalue weighted by Crippen LogP contribution is -2.44. The van der Waals surface area contributed by atoms with Crippen molar-refractivity contribution < 1.29 is 17.6 Å². The molecule has 6 unspecified atom stereocenters. The van der Waals surface area contributed by atoms with Crippen molar-refractivity contribution in [2.45, 2.75) is 57.3 Å². The zero-order valence-electron chi connectivity index (χ0n) is 9.30. The van der Waals surface area contributed by atoms with Crippen LogP contribution in [0.15, 0.2) is 0 Å². The van der Waals surface area contributed by atoms with Crippen molar-refractivity contribution in [2.24, 2.45) is 11.8 Å². The lowest BCUT2D eigenvalue weighted by Gasteiger charge is -2.39. The Bertz CT molecular complexity index is 245. The lowest BCUT2D eigenvalue weighted by molar-refractivity contribution is 0.00310. The summed E-state index contributed by atoms with van der Waals surface area (Å²) in [6.07, 6.45) is -4.70. The Hall–Kier alpha value is -0.280. The summed E-state index contributed by atoms with van der Waals surface area (Å²) in [5.41, 5.74) is 0. The average Bonchev–Trinajstić information content (AvgIpc) is 2.39. The van der Waals surface area contributed by atoms with Crippen molar-refractivity contribution in [1.29, 1.82) is 0 Å². The highest BCUT2D eigenvalue weighted by atomic mass is 19.2. The molecule has 0 spiro atoms. The minimum Gasteiger partial charge on any atom is -0.244 e. The van der Waals surface area contributed by atoms with E-state index in [9.17, 15) is 17.6 Å². The Morgan fingerprint density at radius 1 is 1.00 bits per heavy atom. The van der Waals surface area contributed by atoms with Gasteiger partial charge < -0.3 is 0 Å². The zero-order chi connectivity index (χ0) is 11.9. The van der Waals surface area contributed by atoms with E-state index >= 15 is 0 Å². The SMILES string of the molecule is CC1CC[C](C2CC(F)C2F)CC(F)C1F. The molecular formula is C12H17F4. The quantitative estimate of drug-likeness (QED) is 0.481. The summed E-state index contributed by atoms with van der Waals surface area (Å²) < 4.78 is 52.8. The predicted octanol–water partition coefficient (Wildman–Crippen LogP) is 3.75. The fourth-order valence-electron chi connectivity index (χ4n) is 2.68. The normalized spacial score (nSPS) is 50.8. The van der Waals surface area contributed by atoms with Crippen molar-refractivity contribution >= 4 is 0 Å². The average molecular weight is 237 g/mol. The summed E-state index contributed by atoms with van der Waals surface area (Å²) in [5.74, 6) is -0.0986. The Balaban J connectivity index is 1.97. The van der Waals surface area contributed by atoms with Crippen LogP contribution < -0.4 is 0 Å². The molecule has 93 valence electrons. The highest BCUT2D eigenvalue weighted by molar-refractivity contribution is 5.11. The Morgan fingerprint density at radius 3 is 2.25 bits per heavy atom.